The van der Waals surface area contributed by atoms with E-state index in [1.807, 2.05) is 6.07 Å². The lowest BCUT2D eigenvalue weighted by Gasteiger charge is -2.21. The molecule has 0 radical (unpaired) electrons. The predicted molar refractivity (Wildman–Crippen MR) is 96.9 cm³/mol. The minimum atomic E-state index is -0.259. The highest BCUT2D eigenvalue weighted by molar-refractivity contribution is 5.79. The van der Waals surface area contributed by atoms with Crippen LogP contribution in [0.4, 0.5) is 5.82 Å². The van der Waals surface area contributed by atoms with Gasteiger partial charge in [-0.2, -0.15) is 10.5 Å². The van der Waals surface area contributed by atoms with E-state index in [4.69, 9.17) is 10.5 Å². The third-order valence-corrected chi connectivity index (χ3v) is 4.85. The first kappa shape index (κ1) is 17.9. The van der Waals surface area contributed by atoms with Gasteiger partial charge in [-0.25, -0.2) is 4.98 Å². The van der Waals surface area contributed by atoms with Gasteiger partial charge in [-0.05, 0) is 37.8 Å². The summed E-state index contributed by atoms with van der Waals surface area (Å²) in [6.45, 7) is 1.68. The molecule has 2 atom stereocenters. The molecular formula is C19H22N6O. The number of pyridine rings is 1. The number of carbonyl (C=O) groups is 1. The van der Waals surface area contributed by atoms with Crippen molar-refractivity contribution in [3.05, 3.63) is 35.5 Å². The average Bonchev–Trinajstić information content (AvgIpc) is 3.34. The monoisotopic (exact) mass is 350 g/mol. The Hall–Kier alpha value is -2.90. The zero-order valence-electron chi connectivity index (χ0n) is 14.6. The summed E-state index contributed by atoms with van der Waals surface area (Å²) >= 11 is 0. The Morgan fingerprint density at radius 2 is 2.27 bits per heavy atom. The molecule has 1 aliphatic carbocycles. The number of aromatic nitrogens is 1. The molecule has 7 heteroatoms. The first-order chi connectivity index (χ1) is 12.7. The van der Waals surface area contributed by atoms with Crippen LogP contribution in [0, 0.1) is 22.7 Å². The summed E-state index contributed by atoms with van der Waals surface area (Å²) in [5.41, 5.74) is 1.82. The number of likely N-dealkylation sites (tertiary alicyclic amines) is 1. The summed E-state index contributed by atoms with van der Waals surface area (Å²) in [6, 6.07) is 7.78. The molecular weight excluding hydrogens is 328 g/mol. The molecule has 1 fully saturated rings. The lowest BCUT2D eigenvalue weighted by atomic mass is 10.2. The van der Waals surface area contributed by atoms with Crippen molar-refractivity contribution in [1.82, 2.24) is 15.2 Å². The van der Waals surface area contributed by atoms with Crippen LogP contribution in [0.2, 0.25) is 0 Å². The summed E-state index contributed by atoms with van der Waals surface area (Å²) in [6.07, 6.45) is 7.21. The number of hydrogen-bond donors (Lipinski definition) is 2. The second kappa shape index (κ2) is 8.46. The molecule has 0 spiro atoms. The molecule has 0 bridgehead atoms. The first-order valence-electron chi connectivity index (χ1n) is 8.90. The van der Waals surface area contributed by atoms with Crippen molar-refractivity contribution in [2.75, 3.05) is 25.0 Å². The third-order valence-electron chi connectivity index (χ3n) is 4.85. The fourth-order valence-electron chi connectivity index (χ4n) is 3.39. The van der Waals surface area contributed by atoms with Crippen LogP contribution in [-0.4, -0.2) is 47.5 Å². The van der Waals surface area contributed by atoms with Gasteiger partial charge in [0.2, 0.25) is 5.91 Å². The fourth-order valence-corrected chi connectivity index (χ4v) is 3.39. The second-order valence-electron chi connectivity index (χ2n) is 6.65. The Morgan fingerprint density at radius 1 is 1.38 bits per heavy atom. The van der Waals surface area contributed by atoms with E-state index in [9.17, 15) is 4.79 Å². The van der Waals surface area contributed by atoms with Gasteiger partial charge < -0.3 is 15.5 Å². The van der Waals surface area contributed by atoms with Crippen molar-refractivity contribution in [3.8, 4) is 12.1 Å². The van der Waals surface area contributed by atoms with Gasteiger partial charge in [0.1, 0.15) is 17.9 Å². The molecule has 2 unspecified atom stereocenters. The normalized spacial score (nSPS) is 21.8. The largest absolute Gasteiger partial charge is 0.366 e. The molecule has 2 heterocycles. The third kappa shape index (κ3) is 4.38. The number of nitrogens with one attached hydrogen (secondary N) is 2. The van der Waals surface area contributed by atoms with Gasteiger partial charge in [-0.3, -0.25) is 4.79 Å². The van der Waals surface area contributed by atoms with Crippen molar-refractivity contribution in [1.29, 1.82) is 10.5 Å². The van der Waals surface area contributed by atoms with Gasteiger partial charge in [-0.1, -0.05) is 11.6 Å². The van der Waals surface area contributed by atoms with E-state index >= 15 is 0 Å². The van der Waals surface area contributed by atoms with E-state index in [2.05, 4.69) is 27.8 Å². The Kier molecular flexibility index (Phi) is 5.83. The molecule has 26 heavy (non-hydrogen) atoms. The van der Waals surface area contributed by atoms with E-state index in [1.54, 1.807) is 23.2 Å². The van der Waals surface area contributed by atoms with E-state index < -0.39 is 0 Å². The zero-order chi connectivity index (χ0) is 18.4. The standard InChI is InChI=1S/C19H22N6O/c20-9-15-4-6-18(24-12-15)23-11-14-3-5-16(8-14)22-13-19(26)25-7-1-2-17(25)10-21/h3-4,6,12,16-17,22H,1-2,5,7-8,11,13H2,(H,23,24). The van der Waals surface area contributed by atoms with Gasteiger partial charge in [-0.15, -0.1) is 0 Å². The van der Waals surface area contributed by atoms with E-state index in [0.29, 0.717) is 18.7 Å². The smallest absolute Gasteiger partial charge is 0.237 e. The minimum Gasteiger partial charge on any atom is -0.366 e. The molecule has 2 N–H and O–H groups in total. The summed E-state index contributed by atoms with van der Waals surface area (Å²) < 4.78 is 0. The molecule has 0 saturated carbocycles. The van der Waals surface area contributed by atoms with Gasteiger partial charge in [0.15, 0.2) is 0 Å². The summed E-state index contributed by atoms with van der Waals surface area (Å²) in [4.78, 5) is 18.2. The number of amides is 1. The van der Waals surface area contributed by atoms with Gasteiger partial charge >= 0.3 is 0 Å². The van der Waals surface area contributed by atoms with Gasteiger partial charge in [0, 0.05) is 25.3 Å². The second-order valence-corrected chi connectivity index (χ2v) is 6.65. The van der Waals surface area contributed by atoms with Gasteiger partial charge in [0.25, 0.3) is 0 Å². The summed E-state index contributed by atoms with van der Waals surface area (Å²) in [7, 11) is 0. The molecule has 3 rings (SSSR count). The number of nitriles is 2. The lowest BCUT2D eigenvalue weighted by molar-refractivity contribution is -0.130. The minimum absolute atomic E-state index is 0.0161. The van der Waals surface area contributed by atoms with Crippen LogP contribution in [0.1, 0.15) is 31.2 Å². The molecule has 134 valence electrons. The predicted octanol–water partition coefficient (Wildman–Crippen LogP) is 1.56. The molecule has 1 amide bonds. The maximum absolute atomic E-state index is 12.3. The Bertz CT molecular complexity index is 758. The van der Waals surface area contributed by atoms with Crippen molar-refractivity contribution in [3.63, 3.8) is 0 Å². The molecule has 7 nitrogen and oxygen atoms in total. The number of carbonyl (C=O) groups excluding carboxylic acids is 1. The number of hydrogen-bond acceptors (Lipinski definition) is 6. The highest BCUT2D eigenvalue weighted by atomic mass is 16.2. The van der Waals surface area contributed by atoms with Crippen molar-refractivity contribution >= 4 is 11.7 Å². The van der Waals surface area contributed by atoms with Crippen LogP contribution in [-0.2, 0) is 4.79 Å². The average molecular weight is 350 g/mol. The van der Waals surface area contributed by atoms with Crippen LogP contribution in [0.15, 0.2) is 30.0 Å². The highest BCUT2D eigenvalue weighted by Gasteiger charge is 2.28. The summed E-state index contributed by atoms with van der Waals surface area (Å²) in [5, 5.41) is 24.4. The van der Waals surface area contributed by atoms with Crippen LogP contribution in [0.3, 0.4) is 0 Å². The van der Waals surface area contributed by atoms with Gasteiger partial charge in [0.05, 0.1) is 18.2 Å². The van der Waals surface area contributed by atoms with Crippen LogP contribution >= 0.6 is 0 Å². The Morgan fingerprint density at radius 3 is 3.00 bits per heavy atom. The highest BCUT2D eigenvalue weighted by Crippen LogP contribution is 2.20. The maximum atomic E-state index is 12.3. The van der Waals surface area contributed by atoms with E-state index in [-0.39, 0.29) is 24.5 Å². The fraction of sp³-hybridized carbons (Fsp3) is 0.474. The molecule has 1 aliphatic heterocycles. The molecule has 1 aromatic rings. The Labute approximate surface area is 153 Å². The molecule has 1 saturated heterocycles. The van der Waals surface area contributed by atoms with Crippen molar-refractivity contribution < 1.29 is 4.79 Å². The van der Waals surface area contributed by atoms with E-state index in [1.165, 1.54) is 5.57 Å². The van der Waals surface area contributed by atoms with E-state index in [0.717, 1.165) is 31.5 Å². The first-order valence-corrected chi connectivity index (χ1v) is 8.90. The number of anilines is 1. The number of rotatable bonds is 6. The number of nitrogens with zero attached hydrogens (tertiary/aromatic N) is 4. The molecule has 0 aromatic carbocycles. The SMILES string of the molecule is N#Cc1ccc(NCC2=CCC(NCC(=O)N3CCCC3C#N)C2)nc1. The van der Waals surface area contributed by atoms with Crippen molar-refractivity contribution in [2.24, 2.45) is 0 Å². The molecule has 2 aliphatic rings. The van der Waals surface area contributed by atoms with Crippen LogP contribution in [0.25, 0.3) is 0 Å². The maximum Gasteiger partial charge on any atom is 0.237 e. The quantitative estimate of drug-likeness (QED) is 0.754. The van der Waals surface area contributed by atoms with Crippen molar-refractivity contribution in [2.45, 2.75) is 37.8 Å². The summed E-state index contributed by atoms with van der Waals surface area (Å²) in [5.74, 6) is 0.760. The lowest BCUT2D eigenvalue weighted by Crippen LogP contribution is -2.43. The topological polar surface area (TPSA) is 105 Å². The zero-order valence-corrected chi connectivity index (χ0v) is 14.6. The Balaban J connectivity index is 1.39. The molecule has 1 aromatic heterocycles. The van der Waals surface area contributed by atoms with Crippen LogP contribution < -0.4 is 10.6 Å². The van der Waals surface area contributed by atoms with Crippen LogP contribution in [0.5, 0.6) is 0 Å².